The fourth-order valence-corrected chi connectivity index (χ4v) is 3.62. The summed E-state index contributed by atoms with van der Waals surface area (Å²) in [6.07, 6.45) is 7.56. The lowest BCUT2D eigenvalue weighted by Crippen LogP contribution is -2.49. The summed E-state index contributed by atoms with van der Waals surface area (Å²) in [4.78, 5) is 34.7. The zero-order valence-electron chi connectivity index (χ0n) is 15.0. The maximum Gasteiger partial charge on any atom is 0.252 e. The van der Waals surface area contributed by atoms with E-state index in [9.17, 15) is 9.59 Å². The van der Waals surface area contributed by atoms with Crippen LogP contribution in [0.1, 0.15) is 28.8 Å². The molecular formula is C21H22N4O2. The Morgan fingerprint density at radius 1 is 1.11 bits per heavy atom. The van der Waals surface area contributed by atoms with Gasteiger partial charge in [-0.25, -0.2) is 0 Å². The zero-order valence-corrected chi connectivity index (χ0v) is 15.0. The number of para-hydroxylation sites is 1. The van der Waals surface area contributed by atoms with Crippen LogP contribution in [0.5, 0.6) is 0 Å². The molecule has 2 aromatic heterocycles. The van der Waals surface area contributed by atoms with Crippen LogP contribution in [0.25, 0.3) is 10.9 Å². The molecule has 0 unspecified atom stereocenters. The monoisotopic (exact) mass is 362 g/mol. The van der Waals surface area contributed by atoms with Crippen LogP contribution in [-0.4, -0.2) is 45.8 Å². The first-order valence-corrected chi connectivity index (χ1v) is 9.27. The number of amides is 2. The molecule has 0 radical (unpaired) electrons. The topological polar surface area (TPSA) is 78.1 Å². The number of nitrogens with one attached hydrogen (secondary N) is 2. The van der Waals surface area contributed by atoms with Gasteiger partial charge in [-0.05, 0) is 36.6 Å². The summed E-state index contributed by atoms with van der Waals surface area (Å²) < 4.78 is 0. The molecule has 0 aliphatic carbocycles. The van der Waals surface area contributed by atoms with Crippen LogP contribution in [0.2, 0.25) is 0 Å². The zero-order chi connectivity index (χ0) is 18.6. The molecule has 4 rings (SSSR count). The molecule has 1 fully saturated rings. The van der Waals surface area contributed by atoms with Crippen LogP contribution in [0.4, 0.5) is 0 Å². The number of hydrogen-bond acceptors (Lipinski definition) is 3. The molecule has 6 nitrogen and oxygen atoms in total. The van der Waals surface area contributed by atoms with E-state index in [1.165, 1.54) is 0 Å². The lowest BCUT2D eigenvalue weighted by Gasteiger charge is -2.24. The first-order chi connectivity index (χ1) is 13.2. The van der Waals surface area contributed by atoms with Crippen LogP contribution in [0.15, 0.2) is 55.0 Å². The van der Waals surface area contributed by atoms with E-state index in [-0.39, 0.29) is 11.8 Å². The minimum atomic E-state index is -0.594. The third kappa shape index (κ3) is 3.69. The van der Waals surface area contributed by atoms with Crippen molar-refractivity contribution in [2.45, 2.75) is 25.3 Å². The van der Waals surface area contributed by atoms with Gasteiger partial charge in [0.1, 0.15) is 6.04 Å². The standard InChI is InChI=1S/C21H22N4O2/c26-20(15-7-9-22-10-8-15)24-19(21(27)25-11-3-4-12-25)13-16-14-23-18-6-2-1-5-17(16)18/h1-2,5-10,14,19,23H,3-4,11-13H2,(H,24,26)/t19-/m1/s1. The number of hydrogen-bond donors (Lipinski definition) is 2. The lowest BCUT2D eigenvalue weighted by molar-refractivity contribution is -0.132. The van der Waals surface area contributed by atoms with E-state index in [0.717, 1.165) is 42.4 Å². The second kappa shape index (κ2) is 7.61. The third-order valence-corrected chi connectivity index (χ3v) is 5.06. The summed E-state index contributed by atoms with van der Waals surface area (Å²) in [5.74, 6) is -0.269. The number of fused-ring (bicyclic) bond motifs is 1. The predicted octanol–water partition coefficient (Wildman–Crippen LogP) is 2.53. The van der Waals surface area contributed by atoms with Gasteiger partial charge in [-0.3, -0.25) is 14.6 Å². The minimum absolute atomic E-state index is 0.0137. The average molecular weight is 362 g/mol. The maximum atomic E-state index is 13.1. The SMILES string of the molecule is O=C(N[C@H](Cc1c[nH]c2ccccc12)C(=O)N1CCCC1)c1ccncc1. The summed E-state index contributed by atoms with van der Waals surface area (Å²) in [7, 11) is 0. The number of likely N-dealkylation sites (tertiary alicyclic amines) is 1. The van der Waals surface area contributed by atoms with Gasteiger partial charge in [0.2, 0.25) is 5.91 Å². The molecule has 2 N–H and O–H groups in total. The fourth-order valence-electron chi connectivity index (χ4n) is 3.62. The van der Waals surface area contributed by atoms with E-state index < -0.39 is 6.04 Å². The second-order valence-electron chi connectivity index (χ2n) is 6.86. The first-order valence-electron chi connectivity index (χ1n) is 9.27. The van der Waals surface area contributed by atoms with Crippen molar-refractivity contribution in [3.05, 3.63) is 66.1 Å². The normalized spacial score (nSPS) is 15.0. The summed E-state index contributed by atoms with van der Waals surface area (Å²) in [6, 6.07) is 10.7. The third-order valence-electron chi connectivity index (χ3n) is 5.06. The molecule has 27 heavy (non-hydrogen) atoms. The van der Waals surface area contributed by atoms with Crippen LogP contribution in [0.3, 0.4) is 0 Å². The van der Waals surface area contributed by atoms with E-state index in [1.54, 1.807) is 24.5 Å². The molecule has 1 aliphatic heterocycles. The number of rotatable bonds is 5. The Bertz CT molecular complexity index is 945. The molecule has 6 heteroatoms. The van der Waals surface area contributed by atoms with E-state index >= 15 is 0 Å². The van der Waals surface area contributed by atoms with E-state index in [1.807, 2.05) is 35.4 Å². The Kier molecular flexibility index (Phi) is 4.87. The summed E-state index contributed by atoms with van der Waals surface area (Å²) in [5.41, 5.74) is 2.56. The molecule has 1 aromatic carbocycles. The minimum Gasteiger partial charge on any atom is -0.361 e. The van der Waals surface area contributed by atoms with Crippen molar-refractivity contribution < 1.29 is 9.59 Å². The van der Waals surface area contributed by atoms with E-state index in [0.29, 0.717) is 12.0 Å². The van der Waals surface area contributed by atoms with Gasteiger partial charge in [0.25, 0.3) is 5.91 Å². The molecule has 3 aromatic rings. The maximum absolute atomic E-state index is 13.1. The molecule has 3 heterocycles. The van der Waals surface area contributed by atoms with Crippen molar-refractivity contribution in [1.29, 1.82) is 0 Å². The second-order valence-corrected chi connectivity index (χ2v) is 6.86. The summed E-state index contributed by atoms with van der Waals surface area (Å²) >= 11 is 0. The lowest BCUT2D eigenvalue weighted by atomic mass is 10.0. The Labute approximate surface area is 157 Å². The largest absolute Gasteiger partial charge is 0.361 e. The van der Waals surface area contributed by atoms with Crippen LogP contribution in [-0.2, 0) is 11.2 Å². The van der Waals surface area contributed by atoms with E-state index in [2.05, 4.69) is 15.3 Å². The molecule has 1 aliphatic rings. The highest BCUT2D eigenvalue weighted by atomic mass is 16.2. The van der Waals surface area contributed by atoms with Crippen LogP contribution < -0.4 is 5.32 Å². The Hall–Kier alpha value is -3.15. The van der Waals surface area contributed by atoms with Gasteiger partial charge in [-0.1, -0.05) is 18.2 Å². The smallest absolute Gasteiger partial charge is 0.252 e. The highest BCUT2D eigenvalue weighted by Crippen LogP contribution is 2.20. The molecule has 0 spiro atoms. The predicted molar refractivity (Wildman–Crippen MR) is 103 cm³/mol. The molecule has 0 bridgehead atoms. The molecule has 138 valence electrons. The van der Waals surface area contributed by atoms with Crippen molar-refractivity contribution >= 4 is 22.7 Å². The van der Waals surface area contributed by atoms with Crippen molar-refractivity contribution in [2.75, 3.05) is 13.1 Å². The number of aromatic amines is 1. The number of pyridine rings is 1. The first kappa shape index (κ1) is 17.3. The average Bonchev–Trinajstić information content (AvgIpc) is 3.38. The van der Waals surface area contributed by atoms with Crippen molar-refractivity contribution in [2.24, 2.45) is 0 Å². The quantitative estimate of drug-likeness (QED) is 0.732. The van der Waals surface area contributed by atoms with Crippen molar-refractivity contribution in [3.63, 3.8) is 0 Å². The number of H-pyrrole nitrogens is 1. The Balaban J connectivity index is 1.59. The fraction of sp³-hybridized carbons (Fsp3) is 0.286. The number of nitrogens with zero attached hydrogens (tertiary/aromatic N) is 2. The number of aromatic nitrogens is 2. The van der Waals surface area contributed by atoms with E-state index in [4.69, 9.17) is 0 Å². The molecule has 1 atom stereocenters. The van der Waals surface area contributed by atoms with Crippen LogP contribution in [0, 0.1) is 0 Å². The van der Waals surface area contributed by atoms with Gasteiger partial charge in [-0.15, -0.1) is 0 Å². The number of carbonyl (C=O) groups is 2. The molecule has 2 amide bonds. The van der Waals surface area contributed by atoms with Crippen molar-refractivity contribution in [3.8, 4) is 0 Å². The Morgan fingerprint density at radius 2 is 1.85 bits per heavy atom. The van der Waals surface area contributed by atoms with Gasteiger partial charge >= 0.3 is 0 Å². The Morgan fingerprint density at radius 3 is 2.63 bits per heavy atom. The number of benzene rings is 1. The van der Waals surface area contributed by atoms with Gasteiger partial charge in [0, 0.05) is 54.6 Å². The van der Waals surface area contributed by atoms with Crippen molar-refractivity contribution in [1.82, 2.24) is 20.2 Å². The molecule has 0 saturated carbocycles. The highest BCUT2D eigenvalue weighted by molar-refractivity contribution is 5.97. The highest BCUT2D eigenvalue weighted by Gasteiger charge is 2.29. The van der Waals surface area contributed by atoms with Gasteiger partial charge in [0.05, 0.1) is 0 Å². The summed E-state index contributed by atoms with van der Waals surface area (Å²) in [6.45, 7) is 1.52. The molecular weight excluding hydrogens is 340 g/mol. The van der Waals surface area contributed by atoms with Gasteiger partial charge in [-0.2, -0.15) is 0 Å². The molecule has 1 saturated heterocycles. The van der Waals surface area contributed by atoms with Crippen LogP contribution >= 0.6 is 0 Å². The van der Waals surface area contributed by atoms with Gasteiger partial charge < -0.3 is 15.2 Å². The van der Waals surface area contributed by atoms with Gasteiger partial charge in [0.15, 0.2) is 0 Å². The summed E-state index contributed by atoms with van der Waals surface area (Å²) in [5, 5.41) is 4.02. The number of carbonyl (C=O) groups excluding carboxylic acids is 2.